The van der Waals surface area contributed by atoms with E-state index in [0.29, 0.717) is 19.3 Å². The van der Waals surface area contributed by atoms with Gasteiger partial charge in [0.05, 0.1) is 0 Å². The molecule has 0 aliphatic heterocycles. The third-order valence-corrected chi connectivity index (χ3v) is 14.7. The molecule has 0 bridgehead atoms. The summed E-state index contributed by atoms with van der Waals surface area (Å²) in [6.45, 7) is 6.69. The SMILES string of the molecule is CCCCCCC/C=C\C/C=C\CCCCCCCCCCCCCCCC(=O)OCC(COC(=O)CCCCCCCCCCCCC)OC(=O)CCCCCCCCCCCCCCCCCCCC. The van der Waals surface area contributed by atoms with E-state index in [9.17, 15) is 14.4 Å². The van der Waals surface area contributed by atoms with Gasteiger partial charge in [0, 0.05) is 19.3 Å². The maximum Gasteiger partial charge on any atom is 0.306 e. The summed E-state index contributed by atoms with van der Waals surface area (Å²) in [5.74, 6) is -0.839. The van der Waals surface area contributed by atoms with Crippen molar-refractivity contribution in [2.24, 2.45) is 0 Å². The second kappa shape index (κ2) is 61.4. The Morgan fingerprint density at radius 1 is 0.278 bits per heavy atom. The maximum atomic E-state index is 12.9. The summed E-state index contributed by atoms with van der Waals surface area (Å²) in [5, 5.41) is 0. The van der Waals surface area contributed by atoms with Gasteiger partial charge in [0.2, 0.25) is 0 Å². The molecular formula is C66H124O6. The van der Waals surface area contributed by atoms with Crippen molar-refractivity contribution >= 4 is 17.9 Å². The van der Waals surface area contributed by atoms with E-state index in [2.05, 4.69) is 45.1 Å². The molecule has 0 aliphatic carbocycles. The van der Waals surface area contributed by atoms with E-state index < -0.39 is 6.10 Å². The fourth-order valence-corrected chi connectivity index (χ4v) is 9.83. The van der Waals surface area contributed by atoms with Crippen LogP contribution < -0.4 is 0 Å². The van der Waals surface area contributed by atoms with Crippen LogP contribution in [0.15, 0.2) is 24.3 Å². The van der Waals surface area contributed by atoms with E-state index in [1.54, 1.807) is 0 Å². The largest absolute Gasteiger partial charge is 0.462 e. The molecule has 0 spiro atoms. The van der Waals surface area contributed by atoms with Gasteiger partial charge in [-0.05, 0) is 51.4 Å². The lowest BCUT2D eigenvalue weighted by Gasteiger charge is -2.18. The van der Waals surface area contributed by atoms with Crippen LogP contribution >= 0.6 is 0 Å². The predicted molar refractivity (Wildman–Crippen MR) is 312 cm³/mol. The third kappa shape index (κ3) is 58.8. The smallest absolute Gasteiger partial charge is 0.306 e. The van der Waals surface area contributed by atoms with Gasteiger partial charge in [0.15, 0.2) is 6.10 Å². The average Bonchev–Trinajstić information content (AvgIpc) is 3.38. The van der Waals surface area contributed by atoms with Crippen molar-refractivity contribution in [3.05, 3.63) is 24.3 Å². The standard InChI is InChI=1S/C66H124O6/c1-4-7-10-13-16-19-22-24-26-28-30-31-32-33-34-35-36-38-39-41-44-47-50-53-56-59-65(68)71-62-63(61-70-64(67)58-55-52-49-46-43-21-18-15-12-9-6-3)72-66(69)60-57-54-51-48-45-42-40-37-29-27-25-23-20-17-14-11-8-5-2/h22,24,28,30,63H,4-21,23,25-27,29,31-62H2,1-3H3/b24-22-,30-28-. The monoisotopic (exact) mass is 1010 g/mol. The topological polar surface area (TPSA) is 78.9 Å². The number of hydrogen-bond acceptors (Lipinski definition) is 6. The molecule has 0 N–H and O–H groups in total. The van der Waals surface area contributed by atoms with Crippen LogP contribution in [0.4, 0.5) is 0 Å². The van der Waals surface area contributed by atoms with Crippen LogP contribution in [0.5, 0.6) is 0 Å². The quantitative estimate of drug-likeness (QED) is 0.0261. The van der Waals surface area contributed by atoms with Gasteiger partial charge in [-0.1, -0.05) is 315 Å². The molecule has 1 atom stereocenters. The van der Waals surface area contributed by atoms with Crippen LogP contribution in [0, 0.1) is 0 Å². The summed E-state index contributed by atoms with van der Waals surface area (Å²) < 4.78 is 16.9. The van der Waals surface area contributed by atoms with Crippen molar-refractivity contribution in [3.63, 3.8) is 0 Å². The van der Waals surface area contributed by atoms with E-state index in [0.717, 1.165) is 64.2 Å². The summed E-state index contributed by atoms with van der Waals surface area (Å²) in [6.07, 6.45) is 73.3. The minimum absolute atomic E-state index is 0.0648. The highest BCUT2D eigenvalue weighted by atomic mass is 16.6. The minimum atomic E-state index is -0.766. The second-order valence-electron chi connectivity index (χ2n) is 22.0. The molecule has 0 aromatic rings. The van der Waals surface area contributed by atoms with E-state index in [1.165, 1.54) is 257 Å². The number of carbonyl (C=O) groups excluding carboxylic acids is 3. The molecule has 1 unspecified atom stereocenters. The molecular weight excluding hydrogens is 889 g/mol. The average molecular weight is 1010 g/mol. The Morgan fingerprint density at radius 2 is 0.500 bits per heavy atom. The van der Waals surface area contributed by atoms with Crippen LogP contribution in [0.1, 0.15) is 361 Å². The van der Waals surface area contributed by atoms with Crippen LogP contribution in [0.25, 0.3) is 0 Å². The van der Waals surface area contributed by atoms with Crippen molar-refractivity contribution in [1.82, 2.24) is 0 Å². The van der Waals surface area contributed by atoms with Crippen LogP contribution in [0.3, 0.4) is 0 Å². The Balaban J connectivity index is 4.20. The van der Waals surface area contributed by atoms with Crippen molar-refractivity contribution in [1.29, 1.82) is 0 Å². The molecule has 0 radical (unpaired) electrons. The molecule has 0 rings (SSSR count). The molecule has 6 nitrogen and oxygen atoms in total. The van der Waals surface area contributed by atoms with Crippen molar-refractivity contribution in [3.8, 4) is 0 Å². The molecule has 0 heterocycles. The summed E-state index contributed by atoms with van der Waals surface area (Å²) >= 11 is 0. The number of hydrogen-bond donors (Lipinski definition) is 0. The number of ether oxygens (including phenoxy) is 3. The zero-order valence-electron chi connectivity index (χ0n) is 48.7. The first kappa shape index (κ1) is 69.9. The first-order valence-electron chi connectivity index (χ1n) is 32.3. The Hall–Kier alpha value is -2.11. The summed E-state index contributed by atoms with van der Waals surface area (Å²) in [6, 6.07) is 0. The molecule has 0 aromatic carbocycles. The first-order valence-corrected chi connectivity index (χ1v) is 32.3. The number of esters is 3. The molecule has 0 amide bonds. The lowest BCUT2D eigenvalue weighted by Crippen LogP contribution is -2.30. The second-order valence-corrected chi connectivity index (χ2v) is 22.0. The van der Waals surface area contributed by atoms with Crippen molar-refractivity contribution in [2.45, 2.75) is 367 Å². The highest BCUT2D eigenvalue weighted by Crippen LogP contribution is 2.18. The molecule has 424 valence electrons. The first-order chi connectivity index (χ1) is 35.5. The molecule has 6 heteroatoms. The van der Waals surface area contributed by atoms with Gasteiger partial charge in [-0.2, -0.15) is 0 Å². The van der Waals surface area contributed by atoms with E-state index in [1.807, 2.05) is 0 Å². The van der Waals surface area contributed by atoms with Crippen LogP contribution in [0.2, 0.25) is 0 Å². The highest BCUT2D eigenvalue weighted by Gasteiger charge is 2.19. The van der Waals surface area contributed by atoms with Gasteiger partial charge < -0.3 is 14.2 Å². The van der Waals surface area contributed by atoms with E-state index in [4.69, 9.17) is 14.2 Å². The number of allylic oxidation sites excluding steroid dienone is 4. The van der Waals surface area contributed by atoms with Gasteiger partial charge in [-0.25, -0.2) is 0 Å². The Labute approximate surface area is 449 Å². The zero-order valence-corrected chi connectivity index (χ0v) is 48.7. The van der Waals surface area contributed by atoms with Gasteiger partial charge in [-0.15, -0.1) is 0 Å². The van der Waals surface area contributed by atoms with Crippen molar-refractivity contribution in [2.75, 3.05) is 13.2 Å². The maximum absolute atomic E-state index is 12.9. The Kier molecular flexibility index (Phi) is 59.6. The molecule has 0 fully saturated rings. The molecule has 72 heavy (non-hydrogen) atoms. The van der Waals surface area contributed by atoms with E-state index >= 15 is 0 Å². The Bertz CT molecular complexity index is 1160. The Morgan fingerprint density at radius 3 is 0.764 bits per heavy atom. The van der Waals surface area contributed by atoms with Gasteiger partial charge in [-0.3, -0.25) is 14.4 Å². The fraction of sp³-hybridized carbons (Fsp3) is 0.894. The highest BCUT2D eigenvalue weighted by molar-refractivity contribution is 5.71. The lowest BCUT2D eigenvalue weighted by atomic mass is 10.0. The van der Waals surface area contributed by atoms with Gasteiger partial charge in [0.25, 0.3) is 0 Å². The zero-order chi connectivity index (χ0) is 52.2. The van der Waals surface area contributed by atoms with Gasteiger partial charge >= 0.3 is 17.9 Å². The van der Waals surface area contributed by atoms with E-state index in [-0.39, 0.29) is 31.1 Å². The fourth-order valence-electron chi connectivity index (χ4n) is 9.83. The summed E-state index contributed by atoms with van der Waals surface area (Å²) in [4.78, 5) is 38.2. The molecule has 0 aliphatic rings. The number of carbonyl (C=O) groups is 3. The van der Waals surface area contributed by atoms with Crippen molar-refractivity contribution < 1.29 is 28.6 Å². The lowest BCUT2D eigenvalue weighted by molar-refractivity contribution is -0.167. The number of unbranched alkanes of at least 4 members (excludes halogenated alkanes) is 45. The van der Waals surface area contributed by atoms with Crippen LogP contribution in [-0.4, -0.2) is 37.2 Å². The van der Waals surface area contributed by atoms with Gasteiger partial charge in [0.1, 0.15) is 13.2 Å². The normalized spacial score (nSPS) is 12.1. The van der Waals surface area contributed by atoms with Crippen LogP contribution in [-0.2, 0) is 28.6 Å². The minimum Gasteiger partial charge on any atom is -0.462 e. The molecule has 0 saturated heterocycles. The third-order valence-electron chi connectivity index (χ3n) is 14.7. The number of rotatable bonds is 60. The predicted octanol–water partition coefficient (Wildman–Crippen LogP) is 21.8. The summed E-state index contributed by atoms with van der Waals surface area (Å²) in [5.41, 5.74) is 0. The molecule has 0 saturated carbocycles. The summed E-state index contributed by atoms with van der Waals surface area (Å²) in [7, 11) is 0. The molecule has 0 aromatic heterocycles.